The summed E-state index contributed by atoms with van der Waals surface area (Å²) in [5.74, 6) is 1.09. The second-order valence-electron chi connectivity index (χ2n) is 17.9. The molecule has 6 rings (SSSR count). The quantitative estimate of drug-likeness (QED) is 0.0407. The van der Waals surface area contributed by atoms with Crippen LogP contribution in [-0.4, -0.2) is 91.9 Å². The number of likely N-dealkylation sites (tertiary alicyclic amines) is 1. The Hall–Kier alpha value is -4.59. The summed E-state index contributed by atoms with van der Waals surface area (Å²) in [6.07, 6.45) is 1.90. The Bertz CT molecular complexity index is 2010. The molecule has 12 heteroatoms. The zero-order chi connectivity index (χ0) is 45.5. The molecule has 1 saturated heterocycles. The summed E-state index contributed by atoms with van der Waals surface area (Å²) in [5, 5.41) is 0. The van der Waals surface area contributed by atoms with E-state index in [9.17, 15) is 4.79 Å². The first-order valence-corrected chi connectivity index (χ1v) is 25.4. The van der Waals surface area contributed by atoms with Crippen molar-refractivity contribution in [3.8, 4) is 17.2 Å². The number of piperidine rings is 1. The molecule has 2 aliphatic heterocycles. The van der Waals surface area contributed by atoms with E-state index in [0.717, 1.165) is 71.1 Å². The first-order valence-electron chi connectivity index (χ1n) is 23.2. The Morgan fingerprint density at radius 1 is 0.781 bits per heavy atom. The van der Waals surface area contributed by atoms with Gasteiger partial charge in [0, 0.05) is 44.7 Å². The molecule has 0 saturated carbocycles. The van der Waals surface area contributed by atoms with Crippen molar-refractivity contribution in [1.82, 2.24) is 4.90 Å². The van der Waals surface area contributed by atoms with Crippen molar-refractivity contribution in [2.75, 3.05) is 71.7 Å². The summed E-state index contributed by atoms with van der Waals surface area (Å²) in [6, 6.07) is 32.4. The Morgan fingerprint density at radius 3 is 2.23 bits per heavy atom. The van der Waals surface area contributed by atoms with Gasteiger partial charge in [-0.2, -0.15) is 0 Å². The molecule has 0 N–H and O–H groups in total. The highest BCUT2D eigenvalue weighted by atomic mass is 28.4. The van der Waals surface area contributed by atoms with E-state index in [4.69, 9.17) is 37.6 Å². The van der Waals surface area contributed by atoms with E-state index in [1.807, 2.05) is 66.7 Å². The Balaban J connectivity index is 1.28. The number of carbonyl (C=O) groups is 1. The standard InChI is InChI=1S/C52H72N2O9Si/c1-39(2)64(40(3)4,41(5)6)63-52(62-36-43-20-25-50-48(34-43)53(29-33-60-50)27-14-30-56-7)38-54(51(55)61-35-42-16-10-9-11-17-42)28-26-47(52)44-21-23-46(24-22-44)59-32-15-31-58-37-45-18-12-13-19-49(45)57-8/h9-13,16-25,34,39-41,47H,14-15,26-33,35-38H2,1-8H3. The van der Waals surface area contributed by atoms with E-state index in [1.54, 1.807) is 19.1 Å². The number of benzene rings is 4. The van der Waals surface area contributed by atoms with Crippen molar-refractivity contribution in [3.05, 3.63) is 119 Å². The van der Waals surface area contributed by atoms with E-state index < -0.39 is 14.1 Å². The van der Waals surface area contributed by atoms with Gasteiger partial charge in [0.05, 0.1) is 52.3 Å². The molecule has 2 heterocycles. The van der Waals surface area contributed by atoms with Gasteiger partial charge in [-0.3, -0.25) is 0 Å². The summed E-state index contributed by atoms with van der Waals surface area (Å²) >= 11 is 0. The molecule has 1 amide bonds. The molecule has 2 unspecified atom stereocenters. The summed E-state index contributed by atoms with van der Waals surface area (Å²) in [5.41, 5.74) is 5.90. The number of ether oxygens (including phenoxy) is 7. The van der Waals surface area contributed by atoms with Crippen LogP contribution in [0.15, 0.2) is 97.1 Å². The fraction of sp³-hybridized carbons (Fsp3) is 0.519. The summed E-state index contributed by atoms with van der Waals surface area (Å²) in [7, 11) is 0.773. The number of anilines is 1. The van der Waals surface area contributed by atoms with Crippen molar-refractivity contribution in [2.24, 2.45) is 0 Å². The van der Waals surface area contributed by atoms with Gasteiger partial charge in [0.15, 0.2) is 5.79 Å². The molecule has 0 spiro atoms. The molecule has 64 heavy (non-hydrogen) atoms. The molecule has 0 bridgehead atoms. The molecule has 0 aromatic heterocycles. The summed E-state index contributed by atoms with van der Waals surface area (Å²) in [6.45, 7) is 19.5. The van der Waals surface area contributed by atoms with Gasteiger partial charge in [-0.05, 0) is 76.5 Å². The van der Waals surface area contributed by atoms with Crippen LogP contribution < -0.4 is 19.1 Å². The molecule has 348 valence electrons. The number of hydrogen-bond acceptors (Lipinski definition) is 10. The Morgan fingerprint density at radius 2 is 1.52 bits per heavy atom. The lowest BCUT2D eigenvalue weighted by Gasteiger charge is -2.54. The lowest BCUT2D eigenvalue weighted by molar-refractivity contribution is -0.235. The van der Waals surface area contributed by atoms with Gasteiger partial charge in [0.2, 0.25) is 8.32 Å². The third kappa shape index (κ3) is 12.2. The molecular formula is C52H72N2O9Si. The van der Waals surface area contributed by atoms with Crippen molar-refractivity contribution in [3.63, 3.8) is 0 Å². The molecule has 0 aliphatic carbocycles. The SMILES string of the molecule is COCCCN1CCOc2ccc(COC3(O[Si](C(C)C)(C(C)C)C(C)C)CN(C(=O)OCc4ccccc4)CCC3c3ccc(OCCCOCc4ccccc4OC)cc3)cc21. The van der Waals surface area contributed by atoms with Crippen LogP contribution in [0.5, 0.6) is 17.2 Å². The van der Waals surface area contributed by atoms with Crippen LogP contribution in [0.3, 0.4) is 0 Å². The highest BCUT2D eigenvalue weighted by Gasteiger charge is 2.56. The minimum Gasteiger partial charge on any atom is -0.496 e. The lowest BCUT2D eigenvalue weighted by atomic mass is 9.84. The van der Waals surface area contributed by atoms with Crippen molar-refractivity contribution < 1.29 is 42.4 Å². The highest BCUT2D eigenvalue weighted by molar-refractivity contribution is 6.77. The van der Waals surface area contributed by atoms with E-state index >= 15 is 0 Å². The number of methoxy groups -OCH3 is 2. The molecule has 4 aromatic rings. The maximum Gasteiger partial charge on any atom is 0.410 e. The molecule has 2 aliphatic rings. The fourth-order valence-electron chi connectivity index (χ4n) is 9.68. The first kappa shape index (κ1) is 48.9. The van der Waals surface area contributed by atoms with E-state index in [1.165, 1.54) is 0 Å². The zero-order valence-corrected chi connectivity index (χ0v) is 40.5. The summed E-state index contributed by atoms with van der Waals surface area (Å²) < 4.78 is 50.4. The van der Waals surface area contributed by atoms with Crippen LogP contribution in [0.25, 0.3) is 0 Å². The van der Waals surface area contributed by atoms with Crippen LogP contribution in [0.4, 0.5) is 10.5 Å². The number of rotatable bonds is 23. The van der Waals surface area contributed by atoms with Crippen molar-refractivity contribution in [2.45, 2.75) is 109 Å². The van der Waals surface area contributed by atoms with Crippen LogP contribution in [0, 0.1) is 0 Å². The van der Waals surface area contributed by atoms with Gasteiger partial charge in [-0.15, -0.1) is 0 Å². The minimum atomic E-state index is -2.64. The van der Waals surface area contributed by atoms with Gasteiger partial charge in [-0.25, -0.2) is 4.79 Å². The maximum absolute atomic E-state index is 14.1. The second-order valence-corrected chi connectivity index (χ2v) is 23.3. The van der Waals surface area contributed by atoms with Gasteiger partial charge < -0.3 is 47.4 Å². The third-order valence-corrected chi connectivity index (χ3v) is 18.9. The molecule has 11 nitrogen and oxygen atoms in total. The first-order chi connectivity index (χ1) is 31.0. The zero-order valence-electron chi connectivity index (χ0n) is 39.5. The predicted octanol–water partition coefficient (Wildman–Crippen LogP) is 11.1. The van der Waals surface area contributed by atoms with E-state index in [2.05, 4.69) is 76.8 Å². The number of carbonyl (C=O) groups excluding carboxylic acids is 1. The largest absolute Gasteiger partial charge is 0.496 e. The number of amides is 1. The van der Waals surface area contributed by atoms with Crippen LogP contribution in [0.1, 0.15) is 89.0 Å². The third-order valence-electron chi connectivity index (χ3n) is 12.8. The topological polar surface area (TPSA) is 97.4 Å². The Kier molecular flexibility index (Phi) is 18.0. The lowest BCUT2D eigenvalue weighted by Crippen LogP contribution is -2.64. The molecule has 2 atom stereocenters. The average molecular weight is 897 g/mol. The number of para-hydroxylation sites is 1. The van der Waals surface area contributed by atoms with Crippen molar-refractivity contribution in [1.29, 1.82) is 0 Å². The average Bonchev–Trinajstić information content (AvgIpc) is 3.31. The van der Waals surface area contributed by atoms with Gasteiger partial charge in [0.1, 0.15) is 30.5 Å². The Labute approximate surface area is 383 Å². The monoisotopic (exact) mass is 897 g/mol. The number of hydrogen-bond donors (Lipinski definition) is 0. The van der Waals surface area contributed by atoms with Gasteiger partial charge in [0.25, 0.3) is 0 Å². The van der Waals surface area contributed by atoms with E-state index in [-0.39, 0.29) is 48.4 Å². The van der Waals surface area contributed by atoms with Crippen LogP contribution in [0.2, 0.25) is 16.6 Å². The maximum atomic E-state index is 14.1. The van der Waals surface area contributed by atoms with Crippen molar-refractivity contribution >= 4 is 20.1 Å². The van der Waals surface area contributed by atoms with Crippen LogP contribution >= 0.6 is 0 Å². The summed E-state index contributed by atoms with van der Waals surface area (Å²) in [4.78, 5) is 18.3. The fourth-order valence-corrected chi connectivity index (χ4v) is 15.2. The highest BCUT2D eigenvalue weighted by Crippen LogP contribution is 2.51. The van der Waals surface area contributed by atoms with Gasteiger partial charge >= 0.3 is 6.09 Å². The second kappa shape index (κ2) is 23.5. The van der Waals surface area contributed by atoms with E-state index in [0.29, 0.717) is 46.0 Å². The molecule has 0 radical (unpaired) electrons. The molecule has 4 aromatic carbocycles. The number of fused-ring (bicyclic) bond motifs is 1. The molecule has 1 fully saturated rings. The predicted molar refractivity (Wildman–Crippen MR) is 255 cm³/mol. The smallest absolute Gasteiger partial charge is 0.410 e. The van der Waals surface area contributed by atoms with Gasteiger partial charge in [-0.1, -0.05) is 108 Å². The van der Waals surface area contributed by atoms with Crippen LogP contribution in [-0.2, 0) is 43.2 Å². The normalized spacial score (nSPS) is 17.7. The minimum absolute atomic E-state index is 0.185. The number of nitrogens with zero attached hydrogens (tertiary/aromatic N) is 2. The molecular weight excluding hydrogens is 825 g/mol.